The topological polar surface area (TPSA) is 17.1 Å². The summed E-state index contributed by atoms with van der Waals surface area (Å²) in [4.78, 5) is 10.8. The van der Waals surface area contributed by atoms with Gasteiger partial charge in [-0.2, -0.15) is 0 Å². The molecule has 1 rings (SSSR count). The quantitative estimate of drug-likeness (QED) is 0.540. The first kappa shape index (κ1) is 9.32. The van der Waals surface area contributed by atoms with Crippen molar-refractivity contribution in [3.05, 3.63) is 33.8 Å². The molecule has 1 aromatic carbocycles. The van der Waals surface area contributed by atoms with Gasteiger partial charge in [0.15, 0.2) is 5.78 Å². The number of Topliss-reactive ketones (excluding diaryl/α,β-unsaturated/α-hetero) is 1. The van der Waals surface area contributed by atoms with Crippen molar-refractivity contribution in [2.45, 2.75) is 6.92 Å². The molecule has 0 N–H and O–H groups in total. The molecule has 0 saturated heterocycles. The molecule has 0 aliphatic carbocycles. The number of carbonyl (C=O) groups excluding carboxylic acids is 1. The standard InChI is InChI=1S/C8H5BrF2O/c1-4(12)6-2-5(10)3-7(11)8(6)9/h2-3H,1H3. The second kappa shape index (κ2) is 3.31. The maximum Gasteiger partial charge on any atom is 0.161 e. The van der Waals surface area contributed by atoms with Crippen molar-refractivity contribution >= 4 is 21.7 Å². The summed E-state index contributed by atoms with van der Waals surface area (Å²) in [5.41, 5.74) is 0.0208. The second-order valence-electron chi connectivity index (χ2n) is 2.31. The third-order valence-corrected chi connectivity index (χ3v) is 2.18. The molecule has 64 valence electrons. The van der Waals surface area contributed by atoms with E-state index in [4.69, 9.17) is 0 Å². The molecular weight excluding hydrogens is 230 g/mol. The van der Waals surface area contributed by atoms with Gasteiger partial charge in [0.05, 0.1) is 4.47 Å². The van der Waals surface area contributed by atoms with E-state index in [1.807, 2.05) is 0 Å². The zero-order chi connectivity index (χ0) is 9.30. The van der Waals surface area contributed by atoms with Crippen molar-refractivity contribution in [3.63, 3.8) is 0 Å². The van der Waals surface area contributed by atoms with Gasteiger partial charge < -0.3 is 0 Å². The van der Waals surface area contributed by atoms with Crippen LogP contribution in [0.2, 0.25) is 0 Å². The lowest BCUT2D eigenvalue weighted by Crippen LogP contribution is -1.97. The van der Waals surface area contributed by atoms with Gasteiger partial charge in [-0.15, -0.1) is 0 Å². The average molecular weight is 235 g/mol. The average Bonchev–Trinajstić information content (AvgIpc) is 1.96. The highest BCUT2D eigenvalue weighted by Crippen LogP contribution is 2.22. The number of benzene rings is 1. The van der Waals surface area contributed by atoms with Gasteiger partial charge in [-0.1, -0.05) is 0 Å². The Morgan fingerprint density at radius 1 is 1.42 bits per heavy atom. The normalized spacial score (nSPS) is 10.0. The highest BCUT2D eigenvalue weighted by Gasteiger charge is 2.11. The first-order valence-corrected chi connectivity index (χ1v) is 3.97. The van der Waals surface area contributed by atoms with Crippen LogP contribution >= 0.6 is 15.9 Å². The Labute approximate surface area is 76.5 Å². The summed E-state index contributed by atoms with van der Waals surface area (Å²) in [6.07, 6.45) is 0. The largest absolute Gasteiger partial charge is 0.294 e. The van der Waals surface area contributed by atoms with Crippen LogP contribution in [-0.4, -0.2) is 5.78 Å². The summed E-state index contributed by atoms with van der Waals surface area (Å²) >= 11 is 2.85. The van der Waals surface area contributed by atoms with Gasteiger partial charge in [-0.05, 0) is 28.9 Å². The van der Waals surface area contributed by atoms with Crippen LogP contribution in [0.5, 0.6) is 0 Å². The summed E-state index contributed by atoms with van der Waals surface area (Å²) in [5.74, 6) is -1.89. The third kappa shape index (κ3) is 1.69. The maximum absolute atomic E-state index is 12.8. The monoisotopic (exact) mass is 234 g/mol. The summed E-state index contributed by atoms with van der Waals surface area (Å²) in [6, 6.07) is 1.71. The number of rotatable bonds is 1. The molecule has 0 fully saturated rings. The zero-order valence-corrected chi connectivity index (χ0v) is 7.78. The molecule has 0 unspecified atom stereocenters. The predicted octanol–water partition coefficient (Wildman–Crippen LogP) is 2.93. The highest BCUT2D eigenvalue weighted by atomic mass is 79.9. The minimum absolute atomic E-state index is 0.0106. The number of hydrogen-bond donors (Lipinski definition) is 0. The van der Waals surface area contributed by atoms with Crippen molar-refractivity contribution in [2.75, 3.05) is 0 Å². The van der Waals surface area contributed by atoms with Crippen LogP contribution in [0.25, 0.3) is 0 Å². The van der Waals surface area contributed by atoms with Gasteiger partial charge in [0.1, 0.15) is 11.6 Å². The molecule has 12 heavy (non-hydrogen) atoms. The molecule has 4 heteroatoms. The summed E-state index contributed by atoms with van der Waals surface area (Å²) < 4.78 is 25.3. The summed E-state index contributed by atoms with van der Waals surface area (Å²) in [7, 11) is 0. The lowest BCUT2D eigenvalue weighted by molar-refractivity contribution is 0.101. The van der Waals surface area contributed by atoms with E-state index in [1.54, 1.807) is 0 Å². The molecule has 0 aliphatic rings. The van der Waals surface area contributed by atoms with Crippen molar-refractivity contribution in [1.29, 1.82) is 0 Å². The predicted molar refractivity (Wildman–Crippen MR) is 44.1 cm³/mol. The lowest BCUT2D eigenvalue weighted by atomic mass is 10.1. The van der Waals surface area contributed by atoms with Crippen LogP contribution in [0.15, 0.2) is 16.6 Å². The Hall–Kier alpha value is -0.770. The Kier molecular flexibility index (Phi) is 2.57. The summed E-state index contributed by atoms with van der Waals surface area (Å²) in [6.45, 7) is 1.25. The van der Waals surface area contributed by atoms with Gasteiger partial charge in [0.25, 0.3) is 0 Å². The smallest absolute Gasteiger partial charge is 0.161 e. The van der Waals surface area contributed by atoms with Crippen LogP contribution in [-0.2, 0) is 0 Å². The molecule has 0 aromatic heterocycles. The molecule has 0 atom stereocenters. The summed E-state index contributed by atoms with van der Waals surface area (Å²) in [5, 5.41) is 0. The van der Waals surface area contributed by atoms with Gasteiger partial charge >= 0.3 is 0 Å². The molecule has 0 heterocycles. The number of ketones is 1. The van der Waals surface area contributed by atoms with E-state index >= 15 is 0 Å². The molecule has 0 saturated carbocycles. The van der Waals surface area contributed by atoms with Gasteiger partial charge in [0.2, 0.25) is 0 Å². The van der Waals surface area contributed by atoms with Crippen molar-refractivity contribution in [1.82, 2.24) is 0 Å². The molecular formula is C8H5BrF2O. The van der Waals surface area contributed by atoms with E-state index < -0.39 is 11.6 Å². The Morgan fingerprint density at radius 3 is 2.50 bits per heavy atom. The maximum atomic E-state index is 12.8. The third-order valence-electron chi connectivity index (χ3n) is 1.37. The Balaban J connectivity index is 3.37. The number of carbonyl (C=O) groups is 1. The van der Waals surface area contributed by atoms with E-state index in [9.17, 15) is 13.6 Å². The number of hydrogen-bond acceptors (Lipinski definition) is 1. The van der Waals surface area contributed by atoms with Crippen molar-refractivity contribution < 1.29 is 13.6 Å². The van der Waals surface area contributed by atoms with Crippen LogP contribution in [0, 0.1) is 11.6 Å². The van der Waals surface area contributed by atoms with Gasteiger partial charge in [-0.25, -0.2) is 8.78 Å². The van der Waals surface area contributed by atoms with E-state index in [2.05, 4.69) is 15.9 Å². The molecule has 0 aliphatic heterocycles. The SMILES string of the molecule is CC(=O)c1cc(F)cc(F)c1Br. The highest BCUT2D eigenvalue weighted by molar-refractivity contribution is 9.10. The Morgan fingerprint density at radius 2 is 2.00 bits per heavy atom. The van der Waals surface area contributed by atoms with Gasteiger partial charge in [-0.3, -0.25) is 4.79 Å². The molecule has 0 amide bonds. The van der Waals surface area contributed by atoms with Crippen molar-refractivity contribution in [2.24, 2.45) is 0 Å². The molecule has 1 nitrogen and oxygen atoms in total. The van der Waals surface area contributed by atoms with Crippen LogP contribution in [0.3, 0.4) is 0 Å². The fraction of sp³-hybridized carbons (Fsp3) is 0.125. The minimum atomic E-state index is -0.764. The first-order chi connectivity index (χ1) is 5.52. The Bertz CT molecular complexity index is 336. The lowest BCUT2D eigenvalue weighted by Gasteiger charge is -2.00. The molecule has 0 radical (unpaired) electrons. The van der Waals surface area contributed by atoms with E-state index in [1.165, 1.54) is 6.92 Å². The van der Waals surface area contributed by atoms with E-state index in [-0.39, 0.29) is 15.8 Å². The van der Waals surface area contributed by atoms with E-state index in [0.29, 0.717) is 0 Å². The fourth-order valence-corrected chi connectivity index (χ4v) is 1.32. The van der Waals surface area contributed by atoms with Crippen LogP contribution in [0.1, 0.15) is 17.3 Å². The zero-order valence-electron chi connectivity index (χ0n) is 6.20. The van der Waals surface area contributed by atoms with Crippen LogP contribution < -0.4 is 0 Å². The second-order valence-corrected chi connectivity index (χ2v) is 3.10. The van der Waals surface area contributed by atoms with Gasteiger partial charge in [0, 0.05) is 11.6 Å². The van der Waals surface area contributed by atoms with Crippen LogP contribution in [0.4, 0.5) is 8.78 Å². The molecule has 1 aromatic rings. The molecule has 0 spiro atoms. The van der Waals surface area contributed by atoms with Crippen molar-refractivity contribution in [3.8, 4) is 0 Å². The van der Waals surface area contributed by atoms with E-state index in [0.717, 1.165) is 12.1 Å². The molecule has 0 bridgehead atoms. The minimum Gasteiger partial charge on any atom is -0.294 e. The first-order valence-electron chi connectivity index (χ1n) is 3.18. The fourth-order valence-electron chi connectivity index (χ4n) is 0.812. The number of halogens is 3.